The van der Waals surface area contributed by atoms with Gasteiger partial charge in [-0.25, -0.2) is 20.4 Å². The molecule has 2 aliphatic rings. The summed E-state index contributed by atoms with van der Waals surface area (Å²) in [5, 5.41) is 0. The third kappa shape index (κ3) is 3.31. The molecule has 2 aromatic heterocycles. The highest BCUT2D eigenvalue weighted by molar-refractivity contribution is 5.99. The van der Waals surface area contributed by atoms with E-state index in [1.165, 1.54) is 19.3 Å². The maximum Gasteiger partial charge on any atom is 0.163 e. The van der Waals surface area contributed by atoms with Crippen LogP contribution in [0.4, 0.5) is 0 Å². The van der Waals surface area contributed by atoms with Gasteiger partial charge in [0.15, 0.2) is 5.65 Å². The summed E-state index contributed by atoms with van der Waals surface area (Å²) in [4.78, 5) is 13.8. The van der Waals surface area contributed by atoms with Crippen molar-refractivity contribution in [3.63, 3.8) is 0 Å². The highest BCUT2D eigenvalue weighted by Gasteiger charge is 2.17. The lowest BCUT2D eigenvalue weighted by atomic mass is 9.96. The normalized spacial score (nSPS) is 17.0. The van der Waals surface area contributed by atoms with Gasteiger partial charge in [-0.05, 0) is 37.5 Å². The molecule has 1 saturated carbocycles. The lowest BCUT2D eigenvalue weighted by molar-refractivity contribution is 0.00386. The van der Waals surface area contributed by atoms with Crippen molar-refractivity contribution in [2.24, 2.45) is 4.99 Å². The Hall–Kier alpha value is -2.77. The quantitative estimate of drug-likeness (QED) is 0.704. The predicted octanol–water partition coefficient (Wildman–Crippen LogP) is 2.34. The topological polar surface area (TPSA) is 76.4 Å². The summed E-state index contributed by atoms with van der Waals surface area (Å²) < 4.78 is 7.89. The first-order chi connectivity index (χ1) is 13.4. The van der Waals surface area contributed by atoms with Crippen LogP contribution in [0.3, 0.4) is 0 Å². The molecule has 3 heterocycles. The fraction of sp³-hybridized carbons (Fsp3) is 0.350. The Balaban J connectivity index is 1.37. The van der Waals surface area contributed by atoms with Gasteiger partial charge < -0.3 is 10.2 Å². The molecular weight excluding hydrogens is 340 g/mol. The number of benzene rings is 1. The van der Waals surface area contributed by atoms with Crippen LogP contribution in [0.2, 0.25) is 0 Å². The maximum absolute atomic E-state index is 5.84. The second kappa shape index (κ2) is 7.09. The lowest BCUT2D eigenvalue weighted by Gasteiger charge is -2.25. The molecule has 1 aromatic carbocycles. The first-order valence-corrected chi connectivity index (χ1v) is 9.45. The molecule has 27 heavy (non-hydrogen) atoms. The number of rotatable bonds is 6. The summed E-state index contributed by atoms with van der Waals surface area (Å²) in [6.45, 7) is 1.31. The van der Waals surface area contributed by atoms with E-state index in [1.807, 2.05) is 30.6 Å². The minimum atomic E-state index is 0.462. The van der Waals surface area contributed by atoms with Crippen LogP contribution in [-0.2, 0) is 11.2 Å². The van der Waals surface area contributed by atoms with Gasteiger partial charge in [0.05, 0.1) is 24.6 Å². The highest BCUT2D eigenvalue weighted by Crippen LogP contribution is 2.22. The number of nitrogens with zero attached hydrogens (tertiary/aromatic N) is 4. The van der Waals surface area contributed by atoms with Gasteiger partial charge in [-0.1, -0.05) is 12.1 Å². The Bertz CT molecular complexity index is 991. The fourth-order valence-electron chi connectivity index (χ4n) is 3.39. The van der Waals surface area contributed by atoms with Gasteiger partial charge in [0.25, 0.3) is 0 Å². The molecule has 0 amide bonds. The van der Waals surface area contributed by atoms with E-state index in [0.29, 0.717) is 12.8 Å². The van der Waals surface area contributed by atoms with Crippen molar-refractivity contribution in [1.82, 2.24) is 25.4 Å². The lowest BCUT2D eigenvalue weighted by Crippen LogP contribution is -2.30. The molecule has 0 radical (unpaired) electrons. The number of hydrogen-bond donors (Lipinski definition) is 2. The molecule has 0 unspecified atom stereocenters. The zero-order chi connectivity index (χ0) is 18.1. The maximum atomic E-state index is 5.84. The van der Waals surface area contributed by atoms with E-state index in [2.05, 4.69) is 37.5 Å². The van der Waals surface area contributed by atoms with Gasteiger partial charge in [0, 0.05) is 23.9 Å². The Morgan fingerprint density at radius 2 is 2.19 bits per heavy atom. The number of hydrazine groups is 1. The summed E-state index contributed by atoms with van der Waals surface area (Å²) in [7, 11) is 0. The molecule has 0 spiro atoms. The summed E-state index contributed by atoms with van der Waals surface area (Å²) in [6.07, 6.45) is 8.84. The van der Waals surface area contributed by atoms with Crippen LogP contribution in [0.25, 0.3) is 16.9 Å². The molecule has 0 bridgehead atoms. The van der Waals surface area contributed by atoms with Crippen molar-refractivity contribution >= 4 is 17.0 Å². The molecule has 7 heteroatoms. The van der Waals surface area contributed by atoms with E-state index in [9.17, 15) is 0 Å². The monoisotopic (exact) mass is 362 g/mol. The van der Waals surface area contributed by atoms with Crippen molar-refractivity contribution in [3.8, 4) is 5.69 Å². The van der Waals surface area contributed by atoms with Crippen molar-refractivity contribution in [2.45, 2.75) is 31.8 Å². The van der Waals surface area contributed by atoms with E-state index < -0.39 is 0 Å². The largest absolute Gasteiger partial charge is 0.378 e. The van der Waals surface area contributed by atoms with Crippen LogP contribution < -0.4 is 10.9 Å². The molecule has 138 valence electrons. The van der Waals surface area contributed by atoms with E-state index in [-0.39, 0.29) is 0 Å². The van der Waals surface area contributed by atoms with E-state index in [1.54, 1.807) is 0 Å². The summed E-state index contributed by atoms with van der Waals surface area (Å²) in [6, 6.07) is 10.2. The number of nitrogens with one attached hydrogen (secondary N) is 2. The van der Waals surface area contributed by atoms with Crippen molar-refractivity contribution in [3.05, 3.63) is 54.0 Å². The first kappa shape index (κ1) is 16.4. The minimum absolute atomic E-state index is 0.462. The fourth-order valence-corrected chi connectivity index (χ4v) is 3.39. The summed E-state index contributed by atoms with van der Waals surface area (Å²) in [5.74, 6) is 0.855. The Morgan fingerprint density at radius 3 is 3.00 bits per heavy atom. The molecule has 2 N–H and O–H groups in total. The average Bonchev–Trinajstić information content (AvgIpc) is 3.33. The molecule has 7 nitrogen and oxygen atoms in total. The zero-order valence-electron chi connectivity index (χ0n) is 15.1. The van der Waals surface area contributed by atoms with Crippen LogP contribution in [-0.4, -0.2) is 39.8 Å². The Morgan fingerprint density at radius 1 is 1.22 bits per heavy atom. The molecule has 0 atom stereocenters. The van der Waals surface area contributed by atoms with Crippen molar-refractivity contribution in [1.29, 1.82) is 0 Å². The molecule has 1 fully saturated rings. The second-order valence-electron chi connectivity index (χ2n) is 6.95. The number of aliphatic imine (C=N–C) groups is 1. The van der Waals surface area contributed by atoms with Crippen molar-refractivity contribution < 1.29 is 4.74 Å². The molecule has 3 aromatic rings. The molecule has 1 aliphatic carbocycles. The van der Waals surface area contributed by atoms with Gasteiger partial charge >= 0.3 is 0 Å². The number of amidine groups is 1. The van der Waals surface area contributed by atoms with Gasteiger partial charge in [-0.3, -0.25) is 4.57 Å². The summed E-state index contributed by atoms with van der Waals surface area (Å²) in [5.41, 5.74) is 10.9. The highest BCUT2D eigenvalue weighted by atomic mass is 16.5. The van der Waals surface area contributed by atoms with Crippen LogP contribution in [0.5, 0.6) is 0 Å². The molecular formula is C20H22N6O. The summed E-state index contributed by atoms with van der Waals surface area (Å²) >= 11 is 0. The van der Waals surface area contributed by atoms with Crippen LogP contribution in [0.1, 0.15) is 30.5 Å². The van der Waals surface area contributed by atoms with Gasteiger partial charge in [0.1, 0.15) is 18.0 Å². The number of aromatic nitrogens is 3. The van der Waals surface area contributed by atoms with Gasteiger partial charge in [-0.2, -0.15) is 0 Å². The minimum Gasteiger partial charge on any atom is -0.378 e. The van der Waals surface area contributed by atoms with Crippen molar-refractivity contribution in [2.75, 3.05) is 13.3 Å². The zero-order valence-corrected chi connectivity index (χ0v) is 15.1. The standard InChI is InChI=1S/C20H22N6O/c1-3-14(19-22-13-23-25-19)11-16(4-1)26-9-7-18-20(26)21-12-15(24-18)8-10-27-17-5-2-6-17/h1,3-4,7,9,11-12,17,23H,2,5-6,8,10,13H2,(H,22,25). The Kier molecular flexibility index (Phi) is 4.31. The number of fused-ring (bicyclic) bond motifs is 1. The van der Waals surface area contributed by atoms with Crippen LogP contribution >= 0.6 is 0 Å². The number of ether oxygens (including phenoxy) is 1. The third-order valence-electron chi connectivity index (χ3n) is 5.12. The van der Waals surface area contributed by atoms with Gasteiger partial charge in [0.2, 0.25) is 0 Å². The molecule has 1 aliphatic heterocycles. The third-order valence-corrected chi connectivity index (χ3v) is 5.12. The van der Waals surface area contributed by atoms with E-state index in [0.717, 1.165) is 47.0 Å². The smallest absolute Gasteiger partial charge is 0.163 e. The predicted molar refractivity (Wildman–Crippen MR) is 104 cm³/mol. The molecule has 0 saturated heterocycles. The first-order valence-electron chi connectivity index (χ1n) is 9.45. The Labute approximate surface area is 157 Å². The molecule has 5 rings (SSSR count). The van der Waals surface area contributed by atoms with Gasteiger partial charge in [-0.15, -0.1) is 0 Å². The average molecular weight is 362 g/mol. The number of hydrogen-bond acceptors (Lipinski definition) is 6. The van der Waals surface area contributed by atoms with E-state index in [4.69, 9.17) is 9.72 Å². The SMILES string of the molecule is c1cc(C2=NCNN2)cc(-n2ccc3nc(CCOC4CCC4)cnc32)c1. The van der Waals surface area contributed by atoms with Crippen LogP contribution in [0.15, 0.2) is 47.7 Å². The van der Waals surface area contributed by atoms with E-state index >= 15 is 0 Å². The second-order valence-corrected chi connectivity index (χ2v) is 6.95. The van der Waals surface area contributed by atoms with Crippen LogP contribution in [0, 0.1) is 0 Å².